The van der Waals surface area contributed by atoms with Gasteiger partial charge in [0.05, 0.1) is 30.6 Å². The lowest BCUT2D eigenvalue weighted by Crippen LogP contribution is -2.13. The highest BCUT2D eigenvalue weighted by Crippen LogP contribution is 2.33. The van der Waals surface area contributed by atoms with Gasteiger partial charge in [-0.2, -0.15) is 5.26 Å². The predicted molar refractivity (Wildman–Crippen MR) is 68.1 cm³/mol. The van der Waals surface area contributed by atoms with E-state index in [2.05, 4.69) is 6.07 Å². The van der Waals surface area contributed by atoms with Crippen molar-refractivity contribution >= 4 is 9.84 Å². The Bertz CT molecular complexity index is 557. The number of rotatable bonds is 3. The third-order valence-corrected chi connectivity index (χ3v) is 5.15. The lowest BCUT2D eigenvalue weighted by Gasteiger charge is -2.15. The maximum Gasteiger partial charge on any atom is 0.150 e. The summed E-state index contributed by atoms with van der Waals surface area (Å²) in [6.07, 6.45) is 0.576. The molecule has 1 heterocycles. The van der Waals surface area contributed by atoms with Gasteiger partial charge in [-0.1, -0.05) is 12.1 Å². The van der Waals surface area contributed by atoms with Crippen molar-refractivity contribution in [3.8, 4) is 11.8 Å². The van der Waals surface area contributed by atoms with Crippen molar-refractivity contribution in [3.05, 3.63) is 29.8 Å². The molecule has 4 nitrogen and oxygen atoms in total. The summed E-state index contributed by atoms with van der Waals surface area (Å²) in [5, 5.41) is 9.26. The quantitative estimate of drug-likeness (QED) is 0.834. The molecular formula is C13H15NO3S. The van der Waals surface area contributed by atoms with E-state index in [0.717, 1.165) is 11.3 Å². The molecule has 2 unspecified atom stereocenters. The van der Waals surface area contributed by atoms with Gasteiger partial charge in [0, 0.05) is 0 Å². The summed E-state index contributed by atoms with van der Waals surface area (Å²) in [7, 11) is -1.36. The van der Waals surface area contributed by atoms with Crippen LogP contribution in [0, 0.1) is 17.2 Å². The van der Waals surface area contributed by atoms with Crippen molar-refractivity contribution in [3.63, 3.8) is 0 Å². The molecule has 0 radical (unpaired) electrons. The van der Waals surface area contributed by atoms with Crippen LogP contribution in [0.25, 0.3) is 0 Å². The first-order valence-electron chi connectivity index (χ1n) is 5.80. The largest absolute Gasteiger partial charge is 0.497 e. The first-order valence-corrected chi connectivity index (χ1v) is 7.62. The average molecular weight is 265 g/mol. The molecule has 0 aliphatic carbocycles. The highest BCUT2D eigenvalue weighted by atomic mass is 32.2. The van der Waals surface area contributed by atoms with Crippen molar-refractivity contribution < 1.29 is 13.2 Å². The van der Waals surface area contributed by atoms with E-state index in [4.69, 9.17) is 4.74 Å². The summed E-state index contributed by atoms with van der Waals surface area (Å²) < 4.78 is 28.0. The molecule has 0 spiro atoms. The fourth-order valence-electron chi connectivity index (χ4n) is 2.35. The number of ether oxygens (including phenoxy) is 1. The van der Waals surface area contributed by atoms with Gasteiger partial charge in [0.15, 0.2) is 9.84 Å². The summed E-state index contributed by atoms with van der Waals surface area (Å²) in [6, 6.07) is 9.48. The molecule has 1 aliphatic rings. The molecule has 0 amide bonds. The SMILES string of the molecule is COc1ccc(C(C#N)C2CCS(=O)(=O)C2)cc1. The fraction of sp³-hybridized carbons (Fsp3) is 0.462. The van der Waals surface area contributed by atoms with Crippen LogP contribution in [-0.4, -0.2) is 27.0 Å². The molecule has 96 valence electrons. The van der Waals surface area contributed by atoms with Crippen LogP contribution in [0.1, 0.15) is 17.9 Å². The molecule has 2 atom stereocenters. The van der Waals surface area contributed by atoms with E-state index in [9.17, 15) is 13.7 Å². The standard InChI is InChI=1S/C13H15NO3S/c1-17-12-4-2-10(3-5-12)13(8-14)11-6-7-18(15,16)9-11/h2-5,11,13H,6-7,9H2,1H3. The Kier molecular flexibility index (Phi) is 3.58. The number of hydrogen-bond donors (Lipinski definition) is 0. The summed E-state index contributed by atoms with van der Waals surface area (Å²) in [5.74, 6) is 0.611. The zero-order chi connectivity index (χ0) is 13.2. The van der Waals surface area contributed by atoms with Crippen molar-refractivity contribution in [2.24, 2.45) is 5.92 Å². The molecule has 1 aromatic carbocycles. The summed E-state index contributed by atoms with van der Waals surface area (Å²) >= 11 is 0. The average Bonchev–Trinajstić information content (AvgIpc) is 2.71. The maximum absolute atomic E-state index is 11.5. The normalized spacial score (nSPS) is 23.2. The Morgan fingerprint density at radius 3 is 2.50 bits per heavy atom. The zero-order valence-corrected chi connectivity index (χ0v) is 11.0. The minimum absolute atomic E-state index is 0.0894. The van der Waals surface area contributed by atoms with E-state index >= 15 is 0 Å². The zero-order valence-electron chi connectivity index (χ0n) is 10.2. The Morgan fingerprint density at radius 1 is 1.39 bits per heavy atom. The third kappa shape index (κ3) is 2.65. The lowest BCUT2D eigenvalue weighted by molar-refractivity contribution is 0.414. The van der Waals surface area contributed by atoms with Crippen molar-refractivity contribution in [2.45, 2.75) is 12.3 Å². The van der Waals surface area contributed by atoms with E-state index in [0.29, 0.717) is 6.42 Å². The molecule has 2 rings (SSSR count). The summed E-state index contributed by atoms with van der Waals surface area (Å²) in [4.78, 5) is 0. The second kappa shape index (κ2) is 4.99. The second-order valence-corrected chi connectivity index (χ2v) is 6.77. The molecule has 0 N–H and O–H groups in total. The van der Waals surface area contributed by atoms with Gasteiger partial charge in [-0.3, -0.25) is 0 Å². The molecule has 1 fully saturated rings. The minimum Gasteiger partial charge on any atom is -0.497 e. The Hall–Kier alpha value is -1.54. The Morgan fingerprint density at radius 2 is 2.06 bits per heavy atom. The molecule has 18 heavy (non-hydrogen) atoms. The number of hydrogen-bond acceptors (Lipinski definition) is 4. The van der Waals surface area contributed by atoms with Crippen LogP contribution in [0.5, 0.6) is 5.75 Å². The molecule has 0 aromatic heterocycles. The fourth-order valence-corrected chi connectivity index (χ4v) is 4.19. The van der Waals surface area contributed by atoms with Crippen LogP contribution in [0.4, 0.5) is 0 Å². The van der Waals surface area contributed by atoms with Gasteiger partial charge in [-0.15, -0.1) is 0 Å². The van der Waals surface area contributed by atoms with E-state index in [1.54, 1.807) is 19.2 Å². The van der Waals surface area contributed by atoms with Crippen LogP contribution >= 0.6 is 0 Å². The highest BCUT2D eigenvalue weighted by molar-refractivity contribution is 7.91. The van der Waals surface area contributed by atoms with Gasteiger partial charge in [-0.25, -0.2) is 8.42 Å². The smallest absolute Gasteiger partial charge is 0.150 e. The topological polar surface area (TPSA) is 67.2 Å². The summed E-state index contributed by atoms with van der Waals surface area (Å²) in [5.41, 5.74) is 0.861. The lowest BCUT2D eigenvalue weighted by atomic mass is 9.87. The highest BCUT2D eigenvalue weighted by Gasteiger charge is 2.34. The van der Waals surface area contributed by atoms with Crippen LogP contribution < -0.4 is 4.74 Å². The van der Waals surface area contributed by atoms with Crippen molar-refractivity contribution in [1.82, 2.24) is 0 Å². The molecule has 5 heteroatoms. The van der Waals surface area contributed by atoms with Crippen molar-refractivity contribution in [1.29, 1.82) is 5.26 Å². The first kappa shape index (κ1) is 12.9. The maximum atomic E-state index is 11.5. The van der Waals surface area contributed by atoms with E-state index in [1.807, 2.05) is 12.1 Å². The number of nitrogens with zero attached hydrogens (tertiary/aromatic N) is 1. The molecule has 0 saturated carbocycles. The Labute approximate surface area is 107 Å². The van der Waals surface area contributed by atoms with Crippen LogP contribution in [0.15, 0.2) is 24.3 Å². The minimum atomic E-state index is -2.95. The number of sulfone groups is 1. The molecule has 1 saturated heterocycles. The molecule has 0 bridgehead atoms. The van der Waals surface area contributed by atoms with Gasteiger partial charge in [0.25, 0.3) is 0 Å². The number of benzene rings is 1. The van der Waals surface area contributed by atoms with Gasteiger partial charge < -0.3 is 4.74 Å². The molecule has 1 aromatic rings. The van der Waals surface area contributed by atoms with E-state index in [1.165, 1.54) is 0 Å². The predicted octanol–water partition coefficient (Wildman–Crippen LogP) is 1.74. The molecular weight excluding hydrogens is 250 g/mol. The first-order chi connectivity index (χ1) is 8.55. The van der Waals surface area contributed by atoms with Crippen LogP contribution in [0.3, 0.4) is 0 Å². The number of methoxy groups -OCH3 is 1. The summed E-state index contributed by atoms with van der Waals surface area (Å²) in [6.45, 7) is 0. The van der Waals surface area contributed by atoms with Crippen LogP contribution in [0.2, 0.25) is 0 Å². The van der Waals surface area contributed by atoms with Gasteiger partial charge >= 0.3 is 0 Å². The van der Waals surface area contributed by atoms with Gasteiger partial charge in [0.1, 0.15) is 5.75 Å². The van der Waals surface area contributed by atoms with Gasteiger partial charge in [0.2, 0.25) is 0 Å². The third-order valence-electron chi connectivity index (χ3n) is 3.35. The Balaban J connectivity index is 2.21. The monoisotopic (exact) mass is 265 g/mol. The van der Waals surface area contributed by atoms with E-state index in [-0.39, 0.29) is 23.3 Å². The second-order valence-electron chi connectivity index (χ2n) is 4.54. The number of nitriles is 1. The van der Waals surface area contributed by atoms with Crippen LogP contribution in [-0.2, 0) is 9.84 Å². The van der Waals surface area contributed by atoms with Crippen molar-refractivity contribution in [2.75, 3.05) is 18.6 Å². The van der Waals surface area contributed by atoms with E-state index < -0.39 is 9.84 Å². The molecule has 1 aliphatic heterocycles. The van der Waals surface area contributed by atoms with Gasteiger partial charge in [-0.05, 0) is 30.0 Å².